The molecule has 0 radical (unpaired) electrons. The first-order chi connectivity index (χ1) is 10.2. The molecule has 4 rings (SSSR count). The monoisotopic (exact) mass is 274 g/mol. The number of benzene rings is 1. The van der Waals surface area contributed by atoms with E-state index in [4.69, 9.17) is 0 Å². The van der Waals surface area contributed by atoms with Gasteiger partial charge in [0.1, 0.15) is 0 Å². The molecule has 0 saturated heterocycles. The zero-order chi connectivity index (χ0) is 14.4. The quantitative estimate of drug-likeness (QED) is 0.533. The summed E-state index contributed by atoms with van der Waals surface area (Å²) in [5.74, 6) is 0. The van der Waals surface area contributed by atoms with Crippen molar-refractivity contribution < 1.29 is 0 Å². The van der Waals surface area contributed by atoms with Crippen LogP contribution < -0.4 is 0 Å². The van der Waals surface area contributed by atoms with Gasteiger partial charge in [-0.2, -0.15) is 5.10 Å². The number of nitrogens with zero attached hydrogens (tertiary/aromatic N) is 4. The Labute approximate surface area is 122 Å². The Morgan fingerprint density at radius 2 is 1.81 bits per heavy atom. The highest BCUT2D eigenvalue weighted by Crippen LogP contribution is 2.30. The molecule has 21 heavy (non-hydrogen) atoms. The molecule has 0 N–H and O–H groups in total. The lowest BCUT2D eigenvalue weighted by atomic mass is 10.0. The molecular formula is C17H14N4. The summed E-state index contributed by atoms with van der Waals surface area (Å²) >= 11 is 0. The fraction of sp³-hybridized carbons (Fsp3) is 0.118. The van der Waals surface area contributed by atoms with Crippen molar-refractivity contribution in [3.63, 3.8) is 0 Å². The van der Waals surface area contributed by atoms with E-state index < -0.39 is 0 Å². The zero-order valence-electron chi connectivity index (χ0n) is 11.9. The maximum absolute atomic E-state index is 4.53. The molecule has 4 nitrogen and oxygen atoms in total. The third-order valence-corrected chi connectivity index (χ3v) is 3.67. The first-order valence-corrected chi connectivity index (χ1v) is 6.88. The van der Waals surface area contributed by atoms with E-state index in [1.54, 1.807) is 0 Å². The Bertz CT molecular complexity index is 969. The summed E-state index contributed by atoms with van der Waals surface area (Å²) in [6.45, 7) is 4.10. The molecule has 0 bridgehead atoms. The standard InChI is InChI=1S/C17H14N4/c1-11-3-4-16-14(7-11)13(5-6-18-16)15-9-20-21-10-12(2)8-19-17(15)21/h3-10H,1-2H3. The summed E-state index contributed by atoms with van der Waals surface area (Å²) in [5, 5.41) is 5.55. The maximum Gasteiger partial charge on any atom is 0.162 e. The SMILES string of the molecule is Cc1ccc2nccc(-c3cnn4cc(C)cnc34)c2c1. The fourth-order valence-electron chi connectivity index (χ4n) is 2.65. The van der Waals surface area contributed by atoms with Crippen LogP contribution in [0.4, 0.5) is 0 Å². The molecule has 0 aliphatic rings. The second-order valence-electron chi connectivity index (χ2n) is 5.34. The molecule has 0 aliphatic heterocycles. The minimum atomic E-state index is 0.870. The number of hydrogen-bond donors (Lipinski definition) is 0. The molecule has 0 amide bonds. The first-order valence-electron chi connectivity index (χ1n) is 6.88. The molecule has 0 aliphatic carbocycles. The van der Waals surface area contributed by atoms with Crippen LogP contribution in [0.25, 0.3) is 27.7 Å². The van der Waals surface area contributed by atoms with Gasteiger partial charge in [0.15, 0.2) is 5.65 Å². The first kappa shape index (κ1) is 12.0. The molecule has 3 aromatic heterocycles. The third kappa shape index (κ3) is 1.88. The lowest BCUT2D eigenvalue weighted by molar-refractivity contribution is 0.928. The topological polar surface area (TPSA) is 43.1 Å². The van der Waals surface area contributed by atoms with Crippen molar-refractivity contribution in [1.29, 1.82) is 0 Å². The van der Waals surface area contributed by atoms with Crippen molar-refractivity contribution in [3.05, 3.63) is 60.2 Å². The van der Waals surface area contributed by atoms with Gasteiger partial charge in [-0.15, -0.1) is 0 Å². The molecular weight excluding hydrogens is 260 g/mol. The maximum atomic E-state index is 4.53. The van der Waals surface area contributed by atoms with Gasteiger partial charge in [-0.1, -0.05) is 11.6 Å². The van der Waals surface area contributed by atoms with Gasteiger partial charge in [0.25, 0.3) is 0 Å². The highest BCUT2D eigenvalue weighted by atomic mass is 15.2. The average molecular weight is 274 g/mol. The van der Waals surface area contributed by atoms with Crippen LogP contribution in [-0.2, 0) is 0 Å². The van der Waals surface area contributed by atoms with Crippen molar-refractivity contribution in [2.45, 2.75) is 13.8 Å². The third-order valence-electron chi connectivity index (χ3n) is 3.67. The largest absolute Gasteiger partial charge is 0.256 e. The van der Waals surface area contributed by atoms with Crippen molar-refractivity contribution in [3.8, 4) is 11.1 Å². The van der Waals surface area contributed by atoms with Crippen LogP contribution >= 0.6 is 0 Å². The van der Waals surface area contributed by atoms with Gasteiger partial charge in [0.2, 0.25) is 0 Å². The highest BCUT2D eigenvalue weighted by molar-refractivity contribution is 5.97. The summed E-state index contributed by atoms with van der Waals surface area (Å²) in [6, 6.07) is 8.32. The molecule has 0 atom stereocenters. The van der Waals surface area contributed by atoms with E-state index in [1.807, 2.05) is 42.3 Å². The highest BCUT2D eigenvalue weighted by Gasteiger charge is 2.11. The Morgan fingerprint density at radius 1 is 0.905 bits per heavy atom. The van der Waals surface area contributed by atoms with Crippen molar-refractivity contribution in [1.82, 2.24) is 19.6 Å². The molecule has 3 heterocycles. The number of pyridine rings is 1. The van der Waals surface area contributed by atoms with E-state index in [1.165, 1.54) is 5.56 Å². The Hall–Kier alpha value is -2.75. The van der Waals surface area contributed by atoms with Crippen LogP contribution in [0.2, 0.25) is 0 Å². The fourth-order valence-corrected chi connectivity index (χ4v) is 2.65. The summed E-state index contributed by atoms with van der Waals surface area (Å²) in [6.07, 6.45) is 7.57. The van der Waals surface area contributed by atoms with Crippen LogP contribution in [0.1, 0.15) is 11.1 Å². The lowest BCUT2D eigenvalue weighted by Gasteiger charge is -2.05. The van der Waals surface area contributed by atoms with Gasteiger partial charge in [0.05, 0.1) is 11.7 Å². The molecule has 0 saturated carbocycles. The molecule has 0 fully saturated rings. The zero-order valence-corrected chi connectivity index (χ0v) is 11.9. The van der Waals surface area contributed by atoms with Crippen LogP contribution in [0.3, 0.4) is 0 Å². The molecule has 0 spiro atoms. The summed E-state index contributed by atoms with van der Waals surface area (Å²) in [4.78, 5) is 8.97. The predicted molar refractivity (Wildman–Crippen MR) is 83.2 cm³/mol. The van der Waals surface area contributed by atoms with Crippen LogP contribution in [-0.4, -0.2) is 19.6 Å². The van der Waals surface area contributed by atoms with Gasteiger partial charge in [-0.05, 0) is 43.2 Å². The second kappa shape index (κ2) is 4.38. The van der Waals surface area contributed by atoms with Crippen molar-refractivity contribution >= 4 is 16.6 Å². The van der Waals surface area contributed by atoms with E-state index >= 15 is 0 Å². The smallest absolute Gasteiger partial charge is 0.162 e. The molecule has 0 unspecified atom stereocenters. The molecule has 1 aromatic carbocycles. The number of rotatable bonds is 1. The number of hydrogen-bond acceptors (Lipinski definition) is 3. The van der Waals surface area contributed by atoms with E-state index in [0.29, 0.717) is 0 Å². The molecule has 4 heteroatoms. The van der Waals surface area contributed by atoms with Gasteiger partial charge in [0, 0.05) is 29.5 Å². The van der Waals surface area contributed by atoms with Crippen LogP contribution in [0, 0.1) is 13.8 Å². The van der Waals surface area contributed by atoms with Gasteiger partial charge in [-0.3, -0.25) is 4.98 Å². The Kier molecular flexibility index (Phi) is 2.51. The van der Waals surface area contributed by atoms with E-state index in [9.17, 15) is 0 Å². The Morgan fingerprint density at radius 3 is 2.71 bits per heavy atom. The minimum Gasteiger partial charge on any atom is -0.256 e. The van der Waals surface area contributed by atoms with Gasteiger partial charge >= 0.3 is 0 Å². The van der Waals surface area contributed by atoms with Crippen molar-refractivity contribution in [2.75, 3.05) is 0 Å². The number of aryl methyl sites for hydroxylation is 2. The average Bonchev–Trinajstić information content (AvgIpc) is 2.89. The van der Waals surface area contributed by atoms with E-state index in [-0.39, 0.29) is 0 Å². The Balaban J connectivity index is 2.06. The second-order valence-corrected chi connectivity index (χ2v) is 5.34. The molecule has 102 valence electrons. The van der Waals surface area contributed by atoms with Crippen LogP contribution in [0.5, 0.6) is 0 Å². The van der Waals surface area contributed by atoms with Gasteiger partial charge < -0.3 is 0 Å². The summed E-state index contributed by atoms with van der Waals surface area (Å²) in [7, 11) is 0. The van der Waals surface area contributed by atoms with E-state index in [0.717, 1.165) is 33.2 Å². The van der Waals surface area contributed by atoms with Gasteiger partial charge in [-0.25, -0.2) is 9.50 Å². The van der Waals surface area contributed by atoms with E-state index in [2.05, 4.69) is 40.2 Å². The molecule has 4 aromatic rings. The normalized spacial score (nSPS) is 11.3. The number of aromatic nitrogens is 4. The number of fused-ring (bicyclic) bond motifs is 2. The summed E-state index contributed by atoms with van der Waals surface area (Å²) in [5.41, 5.74) is 6.33. The van der Waals surface area contributed by atoms with Crippen molar-refractivity contribution in [2.24, 2.45) is 0 Å². The van der Waals surface area contributed by atoms with Crippen LogP contribution in [0.15, 0.2) is 49.1 Å². The predicted octanol–water partition coefficient (Wildman–Crippen LogP) is 3.56. The minimum absolute atomic E-state index is 0.870. The summed E-state index contributed by atoms with van der Waals surface area (Å²) < 4.78 is 1.83. The lowest BCUT2D eigenvalue weighted by Crippen LogP contribution is -1.91.